The average molecular weight is 432 g/mol. The molecule has 8 nitrogen and oxygen atoms in total. The molecule has 4 rings (SSSR count). The largest absolute Gasteiger partial charge is 0.490 e. The van der Waals surface area contributed by atoms with Gasteiger partial charge < -0.3 is 24.6 Å². The molecule has 30 heavy (non-hydrogen) atoms. The SMILES string of the molecule is CNC(=O)C[C@@H]1C[C@H]2CN(Cc3ccc4c(c3)OCO4)C[C@H]2O1.O=C(O)C(F)(F)F. The van der Waals surface area contributed by atoms with Crippen molar-refractivity contribution in [3.63, 3.8) is 0 Å². The van der Waals surface area contributed by atoms with E-state index in [-0.39, 0.29) is 18.1 Å². The molecule has 3 heterocycles. The Morgan fingerprint density at radius 1 is 1.23 bits per heavy atom. The molecule has 3 aliphatic heterocycles. The van der Waals surface area contributed by atoms with Gasteiger partial charge in [0.05, 0.1) is 18.6 Å². The lowest BCUT2D eigenvalue weighted by Gasteiger charge is -2.19. The maximum Gasteiger partial charge on any atom is 0.490 e. The number of carbonyl (C=O) groups excluding carboxylic acids is 1. The van der Waals surface area contributed by atoms with E-state index in [0.29, 0.717) is 19.1 Å². The summed E-state index contributed by atoms with van der Waals surface area (Å²) in [6.45, 7) is 3.17. The molecule has 0 radical (unpaired) electrons. The predicted octanol–water partition coefficient (Wildman–Crippen LogP) is 1.77. The zero-order valence-corrected chi connectivity index (χ0v) is 16.3. The van der Waals surface area contributed by atoms with Gasteiger partial charge in [-0.05, 0) is 24.1 Å². The number of nitrogens with zero attached hydrogens (tertiary/aromatic N) is 1. The normalized spacial score (nSPS) is 24.7. The van der Waals surface area contributed by atoms with Crippen LogP contribution >= 0.6 is 0 Å². The second-order valence-electron chi connectivity index (χ2n) is 7.35. The first-order valence-corrected chi connectivity index (χ1v) is 9.42. The Hall–Kier alpha value is -2.53. The third-order valence-corrected chi connectivity index (χ3v) is 5.17. The van der Waals surface area contributed by atoms with Crippen molar-refractivity contribution in [2.24, 2.45) is 5.92 Å². The molecule has 0 aliphatic carbocycles. The molecular weight excluding hydrogens is 409 g/mol. The first-order valence-electron chi connectivity index (χ1n) is 9.42. The quantitative estimate of drug-likeness (QED) is 0.749. The lowest BCUT2D eigenvalue weighted by Crippen LogP contribution is -2.28. The van der Waals surface area contributed by atoms with Gasteiger partial charge in [-0.15, -0.1) is 0 Å². The van der Waals surface area contributed by atoms with Crippen LogP contribution in [0.15, 0.2) is 18.2 Å². The lowest BCUT2D eigenvalue weighted by atomic mass is 10.0. The number of carboxylic acid groups (broad SMARTS) is 1. The fourth-order valence-corrected chi connectivity index (χ4v) is 3.82. The molecule has 11 heteroatoms. The molecule has 1 amide bonds. The van der Waals surface area contributed by atoms with Gasteiger partial charge in [-0.25, -0.2) is 4.79 Å². The zero-order chi connectivity index (χ0) is 21.9. The third kappa shape index (κ3) is 5.54. The lowest BCUT2D eigenvalue weighted by molar-refractivity contribution is -0.192. The summed E-state index contributed by atoms with van der Waals surface area (Å²) in [6.07, 6.45) is -3.28. The van der Waals surface area contributed by atoms with Crippen LogP contribution in [0.2, 0.25) is 0 Å². The van der Waals surface area contributed by atoms with E-state index in [1.165, 1.54) is 5.56 Å². The van der Waals surface area contributed by atoms with Crippen LogP contribution in [0.25, 0.3) is 0 Å². The van der Waals surface area contributed by atoms with E-state index in [1.807, 2.05) is 6.07 Å². The van der Waals surface area contributed by atoms with E-state index in [4.69, 9.17) is 24.1 Å². The Labute approximate surface area is 170 Å². The standard InChI is InChI=1S/C17H22N2O4.C2HF3O2/c1-18-17(20)6-13-5-12-8-19(9-16(12)23-13)7-11-2-3-14-15(4-11)22-10-21-14;3-2(4,5)1(6)7/h2-4,12-13,16H,5-10H2,1H3,(H,18,20);(H,6,7)/t12-,13-,16+;/m0./s1. The molecule has 1 aromatic rings. The maximum absolute atomic E-state index is 11.5. The number of carboxylic acids is 1. The summed E-state index contributed by atoms with van der Waals surface area (Å²) in [6, 6.07) is 6.13. The van der Waals surface area contributed by atoms with Gasteiger partial charge in [-0.2, -0.15) is 13.2 Å². The van der Waals surface area contributed by atoms with Crippen molar-refractivity contribution in [2.45, 2.75) is 37.8 Å². The number of hydrogen-bond acceptors (Lipinski definition) is 6. The highest BCUT2D eigenvalue weighted by Crippen LogP contribution is 2.36. The van der Waals surface area contributed by atoms with Gasteiger partial charge in [0.1, 0.15) is 0 Å². The smallest absolute Gasteiger partial charge is 0.475 e. The Morgan fingerprint density at radius 3 is 2.57 bits per heavy atom. The summed E-state index contributed by atoms with van der Waals surface area (Å²) in [5.74, 6) is -0.491. The second kappa shape index (κ2) is 9.09. The van der Waals surface area contributed by atoms with E-state index in [0.717, 1.165) is 37.6 Å². The molecule has 0 aromatic heterocycles. The average Bonchev–Trinajstić information content (AvgIpc) is 3.35. The summed E-state index contributed by atoms with van der Waals surface area (Å²) in [5.41, 5.74) is 1.23. The summed E-state index contributed by atoms with van der Waals surface area (Å²) in [5, 5.41) is 9.79. The van der Waals surface area contributed by atoms with Gasteiger partial charge in [0.15, 0.2) is 11.5 Å². The van der Waals surface area contributed by atoms with Crippen LogP contribution < -0.4 is 14.8 Å². The van der Waals surface area contributed by atoms with Crippen LogP contribution in [0.1, 0.15) is 18.4 Å². The van der Waals surface area contributed by atoms with E-state index >= 15 is 0 Å². The Balaban J connectivity index is 0.000000318. The minimum Gasteiger partial charge on any atom is -0.475 e. The number of nitrogens with one attached hydrogen (secondary N) is 1. The summed E-state index contributed by atoms with van der Waals surface area (Å²) >= 11 is 0. The number of rotatable bonds is 4. The van der Waals surface area contributed by atoms with Crippen molar-refractivity contribution >= 4 is 11.9 Å². The van der Waals surface area contributed by atoms with Crippen LogP contribution in [0.3, 0.4) is 0 Å². The van der Waals surface area contributed by atoms with Crippen molar-refractivity contribution in [2.75, 3.05) is 26.9 Å². The first kappa shape index (κ1) is 22.2. The molecule has 2 N–H and O–H groups in total. The van der Waals surface area contributed by atoms with Crippen LogP contribution in [0, 0.1) is 5.92 Å². The van der Waals surface area contributed by atoms with E-state index < -0.39 is 12.1 Å². The number of likely N-dealkylation sites (tertiary alicyclic amines) is 1. The summed E-state index contributed by atoms with van der Waals surface area (Å²) < 4.78 is 48.6. The number of hydrogen-bond donors (Lipinski definition) is 2. The monoisotopic (exact) mass is 432 g/mol. The molecule has 3 atom stereocenters. The Kier molecular flexibility index (Phi) is 6.71. The number of alkyl halides is 3. The zero-order valence-electron chi connectivity index (χ0n) is 16.3. The van der Waals surface area contributed by atoms with Crippen LogP contribution in [-0.2, 0) is 20.9 Å². The molecule has 0 saturated carbocycles. The molecular formula is C19H23F3N2O6. The number of fused-ring (bicyclic) bond motifs is 2. The molecule has 0 spiro atoms. The second-order valence-corrected chi connectivity index (χ2v) is 7.35. The van der Waals surface area contributed by atoms with Crippen molar-refractivity contribution in [1.29, 1.82) is 0 Å². The number of aliphatic carboxylic acids is 1. The van der Waals surface area contributed by atoms with Gasteiger partial charge in [0.2, 0.25) is 12.7 Å². The van der Waals surface area contributed by atoms with Crippen LogP contribution in [0.4, 0.5) is 13.2 Å². The number of halogens is 3. The van der Waals surface area contributed by atoms with Gasteiger partial charge in [-0.3, -0.25) is 9.69 Å². The van der Waals surface area contributed by atoms with Crippen LogP contribution in [0.5, 0.6) is 11.5 Å². The highest BCUT2D eigenvalue weighted by molar-refractivity contribution is 5.76. The highest BCUT2D eigenvalue weighted by Gasteiger charge is 2.42. The molecule has 0 unspecified atom stereocenters. The van der Waals surface area contributed by atoms with Crippen molar-refractivity contribution < 1.29 is 42.1 Å². The summed E-state index contributed by atoms with van der Waals surface area (Å²) in [4.78, 5) is 22.8. The van der Waals surface area contributed by atoms with E-state index in [2.05, 4.69) is 22.3 Å². The number of benzene rings is 1. The molecule has 3 aliphatic rings. The van der Waals surface area contributed by atoms with Gasteiger partial charge in [0.25, 0.3) is 0 Å². The van der Waals surface area contributed by atoms with Crippen molar-refractivity contribution in [3.05, 3.63) is 23.8 Å². The Morgan fingerprint density at radius 2 is 1.93 bits per heavy atom. The molecule has 1 aromatic carbocycles. The third-order valence-electron chi connectivity index (χ3n) is 5.17. The van der Waals surface area contributed by atoms with E-state index in [1.54, 1.807) is 7.05 Å². The first-order chi connectivity index (χ1) is 14.2. The number of carbonyl (C=O) groups is 2. The van der Waals surface area contributed by atoms with Gasteiger partial charge in [-0.1, -0.05) is 6.07 Å². The minimum atomic E-state index is -5.08. The van der Waals surface area contributed by atoms with Crippen LogP contribution in [-0.4, -0.2) is 67.2 Å². The van der Waals surface area contributed by atoms with Crippen molar-refractivity contribution in [3.8, 4) is 11.5 Å². The summed E-state index contributed by atoms with van der Waals surface area (Å²) in [7, 11) is 1.67. The molecule has 2 fully saturated rings. The highest BCUT2D eigenvalue weighted by atomic mass is 19.4. The number of amides is 1. The van der Waals surface area contributed by atoms with Gasteiger partial charge in [0, 0.05) is 32.6 Å². The fraction of sp³-hybridized carbons (Fsp3) is 0.579. The van der Waals surface area contributed by atoms with Crippen molar-refractivity contribution in [1.82, 2.24) is 10.2 Å². The molecule has 166 valence electrons. The number of ether oxygens (including phenoxy) is 3. The van der Waals surface area contributed by atoms with Gasteiger partial charge >= 0.3 is 12.1 Å². The Bertz CT molecular complexity index is 774. The topological polar surface area (TPSA) is 97.3 Å². The minimum absolute atomic E-state index is 0.0622. The fourth-order valence-electron chi connectivity index (χ4n) is 3.82. The maximum atomic E-state index is 11.5. The predicted molar refractivity (Wildman–Crippen MR) is 97.0 cm³/mol. The van der Waals surface area contributed by atoms with E-state index in [9.17, 15) is 18.0 Å². The molecule has 0 bridgehead atoms. The molecule has 2 saturated heterocycles.